The van der Waals surface area contributed by atoms with Gasteiger partial charge in [0.1, 0.15) is 17.3 Å². The minimum atomic E-state index is -0.107. The predicted molar refractivity (Wildman–Crippen MR) is 79.8 cm³/mol. The van der Waals surface area contributed by atoms with E-state index in [4.69, 9.17) is 0 Å². The molecule has 0 atom stereocenters. The summed E-state index contributed by atoms with van der Waals surface area (Å²) in [6.07, 6.45) is 7.54. The van der Waals surface area contributed by atoms with Crippen LogP contribution in [0, 0.1) is 6.92 Å². The van der Waals surface area contributed by atoms with Crippen molar-refractivity contribution in [2.45, 2.75) is 45.1 Å². The van der Waals surface area contributed by atoms with Gasteiger partial charge >= 0.3 is 0 Å². The van der Waals surface area contributed by atoms with Crippen molar-refractivity contribution in [2.75, 3.05) is 11.9 Å². The molecule has 0 unspecified atom stereocenters. The Bertz CT molecular complexity index is 481. The third kappa shape index (κ3) is 4.05. The van der Waals surface area contributed by atoms with E-state index in [1.807, 2.05) is 0 Å². The lowest BCUT2D eigenvalue weighted by Gasteiger charge is -2.22. The van der Waals surface area contributed by atoms with E-state index in [-0.39, 0.29) is 11.9 Å². The zero-order valence-electron chi connectivity index (χ0n) is 12.0. The van der Waals surface area contributed by atoms with Crippen LogP contribution in [-0.4, -0.2) is 28.5 Å². The summed E-state index contributed by atoms with van der Waals surface area (Å²) >= 11 is 0. The third-order valence-electron chi connectivity index (χ3n) is 3.44. The van der Waals surface area contributed by atoms with E-state index in [9.17, 15) is 4.79 Å². The molecule has 1 heterocycles. The van der Waals surface area contributed by atoms with E-state index >= 15 is 0 Å². The molecule has 1 aromatic rings. The fourth-order valence-corrected chi connectivity index (χ4v) is 2.46. The van der Waals surface area contributed by atoms with Gasteiger partial charge in [-0.3, -0.25) is 4.79 Å². The SMILES string of the molecule is C=CCNc1cc(C(=O)NC2CCCCC2)nc(C)n1. The van der Waals surface area contributed by atoms with Crippen LogP contribution < -0.4 is 10.6 Å². The van der Waals surface area contributed by atoms with Gasteiger partial charge in [0.25, 0.3) is 5.91 Å². The van der Waals surface area contributed by atoms with Crippen LogP contribution in [0.25, 0.3) is 0 Å². The molecule has 0 aliphatic heterocycles. The van der Waals surface area contributed by atoms with Gasteiger partial charge < -0.3 is 10.6 Å². The summed E-state index contributed by atoms with van der Waals surface area (Å²) in [4.78, 5) is 20.7. The number of hydrogen-bond donors (Lipinski definition) is 2. The second-order valence-electron chi connectivity index (χ2n) is 5.16. The lowest BCUT2D eigenvalue weighted by atomic mass is 9.95. The number of carbonyl (C=O) groups excluding carboxylic acids is 1. The summed E-state index contributed by atoms with van der Waals surface area (Å²) in [7, 11) is 0. The molecule has 1 fully saturated rings. The molecule has 1 aliphatic rings. The molecule has 2 rings (SSSR count). The fourth-order valence-electron chi connectivity index (χ4n) is 2.46. The molecular formula is C15H22N4O. The third-order valence-corrected chi connectivity index (χ3v) is 3.44. The average molecular weight is 274 g/mol. The molecule has 0 saturated heterocycles. The van der Waals surface area contributed by atoms with E-state index in [1.54, 1.807) is 19.1 Å². The van der Waals surface area contributed by atoms with Crippen LogP contribution >= 0.6 is 0 Å². The van der Waals surface area contributed by atoms with Crippen LogP contribution in [0.3, 0.4) is 0 Å². The highest BCUT2D eigenvalue weighted by atomic mass is 16.1. The van der Waals surface area contributed by atoms with Crippen LogP contribution in [0.4, 0.5) is 5.82 Å². The van der Waals surface area contributed by atoms with Crippen molar-refractivity contribution in [1.82, 2.24) is 15.3 Å². The average Bonchev–Trinajstić information content (AvgIpc) is 2.45. The van der Waals surface area contributed by atoms with Crippen LogP contribution in [0.2, 0.25) is 0 Å². The second kappa shape index (κ2) is 7.03. The Kier molecular flexibility index (Phi) is 5.09. The zero-order valence-corrected chi connectivity index (χ0v) is 12.0. The number of hydrogen-bond acceptors (Lipinski definition) is 4. The molecule has 1 aliphatic carbocycles. The van der Waals surface area contributed by atoms with Crippen molar-refractivity contribution in [3.8, 4) is 0 Å². The van der Waals surface area contributed by atoms with Gasteiger partial charge in [-0.2, -0.15) is 0 Å². The van der Waals surface area contributed by atoms with Crippen molar-refractivity contribution in [1.29, 1.82) is 0 Å². The van der Waals surface area contributed by atoms with E-state index in [0.717, 1.165) is 12.8 Å². The molecule has 1 saturated carbocycles. The van der Waals surface area contributed by atoms with E-state index in [1.165, 1.54) is 19.3 Å². The fraction of sp³-hybridized carbons (Fsp3) is 0.533. The van der Waals surface area contributed by atoms with Crippen molar-refractivity contribution < 1.29 is 4.79 Å². The number of nitrogens with one attached hydrogen (secondary N) is 2. The molecule has 5 nitrogen and oxygen atoms in total. The molecule has 0 bridgehead atoms. The summed E-state index contributed by atoms with van der Waals surface area (Å²) in [6, 6.07) is 1.98. The molecule has 2 N–H and O–H groups in total. The maximum absolute atomic E-state index is 12.2. The van der Waals surface area contributed by atoms with Gasteiger partial charge in [-0.15, -0.1) is 6.58 Å². The van der Waals surface area contributed by atoms with Gasteiger partial charge in [0.15, 0.2) is 0 Å². The van der Waals surface area contributed by atoms with E-state index < -0.39 is 0 Å². The van der Waals surface area contributed by atoms with Gasteiger partial charge in [0.2, 0.25) is 0 Å². The molecule has 5 heteroatoms. The Morgan fingerprint density at radius 3 is 2.85 bits per heavy atom. The zero-order chi connectivity index (χ0) is 14.4. The summed E-state index contributed by atoms with van der Waals surface area (Å²) < 4.78 is 0. The molecule has 108 valence electrons. The number of amides is 1. The van der Waals surface area contributed by atoms with Crippen molar-refractivity contribution in [2.24, 2.45) is 0 Å². The van der Waals surface area contributed by atoms with Crippen molar-refractivity contribution >= 4 is 11.7 Å². The van der Waals surface area contributed by atoms with E-state index in [0.29, 0.717) is 23.9 Å². The first kappa shape index (κ1) is 14.5. The Balaban J connectivity index is 2.04. The number of carbonyl (C=O) groups is 1. The van der Waals surface area contributed by atoms with Crippen LogP contribution in [-0.2, 0) is 0 Å². The van der Waals surface area contributed by atoms with Gasteiger partial charge in [-0.1, -0.05) is 25.3 Å². The van der Waals surface area contributed by atoms with Crippen LogP contribution in [0.5, 0.6) is 0 Å². The highest BCUT2D eigenvalue weighted by Gasteiger charge is 2.18. The standard InChI is InChI=1S/C15H22N4O/c1-3-9-16-14-10-13(17-11(2)18-14)15(20)19-12-7-5-4-6-8-12/h3,10,12H,1,4-9H2,2H3,(H,19,20)(H,16,17,18). The Labute approximate surface area is 119 Å². The van der Waals surface area contributed by atoms with Gasteiger partial charge in [-0.05, 0) is 19.8 Å². The predicted octanol–water partition coefficient (Wildman–Crippen LogP) is 2.45. The molecule has 0 radical (unpaired) electrons. The number of anilines is 1. The quantitative estimate of drug-likeness (QED) is 0.809. The molecule has 0 spiro atoms. The highest BCUT2D eigenvalue weighted by molar-refractivity contribution is 5.93. The second-order valence-corrected chi connectivity index (χ2v) is 5.16. The number of rotatable bonds is 5. The highest BCUT2D eigenvalue weighted by Crippen LogP contribution is 2.18. The first-order valence-electron chi connectivity index (χ1n) is 7.20. The first-order valence-corrected chi connectivity index (χ1v) is 7.20. The normalized spacial score (nSPS) is 15.7. The smallest absolute Gasteiger partial charge is 0.270 e. The van der Waals surface area contributed by atoms with Crippen LogP contribution in [0.15, 0.2) is 18.7 Å². The Hall–Kier alpha value is -1.91. The first-order chi connectivity index (χ1) is 9.69. The molecular weight excluding hydrogens is 252 g/mol. The maximum atomic E-state index is 12.2. The summed E-state index contributed by atoms with van der Waals surface area (Å²) in [5.41, 5.74) is 0.426. The number of aryl methyl sites for hydroxylation is 1. The lowest BCUT2D eigenvalue weighted by Crippen LogP contribution is -2.36. The maximum Gasteiger partial charge on any atom is 0.270 e. The molecule has 0 aromatic carbocycles. The Morgan fingerprint density at radius 2 is 2.15 bits per heavy atom. The van der Waals surface area contributed by atoms with Gasteiger partial charge in [0.05, 0.1) is 0 Å². The number of nitrogens with zero attached hydrogens (tertiary/aromatic N) is 2. The van der Waals surface area contributed by atoms with Crippen molar-refractivity contribution in [3.05, 3.63) is 30.2 Å². The summed E-state index contributed by atoms with van der Waals surface area (Å²) in [6.45, 7) is 6.05. The minimum absolute atomic E-state index is 0.107. The van der Waals surface area contributed by atoms with Gasteiger partial charge in [-0.25, -0.2) is 9.97 Å². The number of aromatic nitrogens is 2. The van der Waals surface area contributed by atoms with Gasteiger partial charge in [0, 0.05) is 18.7 Å². The van der Waals surface area contributed by atoms with Crippen LogP contribution in [0.1, 0.15) is 48.4 Å². The minimum Gasteiger partial charge on any atom is -0.366 e. The van der Waals surface area contributed by atoms with E-state index in [2.05, 4.69) is 27.2 Å². The lowest BCUT2D eigenvalue weighted by molar-refractivity contribution is 0.0922. The Morgan fingerprint density at radius 1 is 1.40 bits per heavy atom. The molecule has 1 amide bonds. The molecule has 1 aromatic heterocycles. The monoisotopic (exact) mass is 274 g/mol. The van der Waals surface area contributed by atoms with Crippen molar-refractivity contribution in [3.63, 3.8) is 0 Å². The molecule has 20 heavy (non-hydrogen) atoms. The summed E-state index contributed by atoms with van der Waals surface area (Å²) in [5.74, 6) is 1.14. The summed E-state index contributed by atoms with van der Waals surface area (Å²) in [5, 5.41) is 6.15. The largest absolute Gasteiger partial charge is 0.366 e. The topological polar surface area (TPSA) is 66.9 Å².